The fourth-order valence-corrected chi connectivity index (χ4v) is 3.00. The molecule has 0 radical (unpaired) electrons. The highest BCUT2D eigenvalue weighted by atomic mass is 35.5. The number of pyridine rings is 1. The van der Waals surface area contributed by atoms with Crippen LogP contribution in [0.5, 0.6) is 0 Å². The molecule has 1 N–H and O–H groups in total. The molecule has 7 heteroatoms. The van der Waals surface area contributed by atoms with Crippen molar-refractivity contribution in [1.29, 1.82) is 0 Å². The Kier molecular flexibility index (Phi) is 4.40. The monoisotopic (exact) mass is 376 g/mol. The molecule has 2 heterocycles. The van der Waals surface area contributed by atoms with Crippen LogP contribution in [0.4, 0.5) is 0 Å². The van der Waals surface area contributed by atoms with Crippen LogP contribution in [0, 0.1) is 0 Å². The van der Waals surface area contributed by atoms with Crippen LogP contribution in [-0.4, -0.2) is 31.1 Å². The third-order valence-electron chi connectivity index (χ3n) is 4.11. The Labute approximate surface area is 159 Å². The number of hydrogen-bond acceptors (Lipinski definition) is 4. The summed E-state index contributed by atoms with van der Waals surface area (Å²) in [4.78, 5) is 15.2. The van der Waals surface area contributed by atoms with Gasteiger partial charge in [-0.15, -0.1) is 5.10 Å². The van der Waals surface area contributed by atoms with Crippen LogP contribution in [0.15, 0.2) is 73.2 Å². The van der Waals surface area contributed by atoms with Crippen LogP contribution in [0.3, 0.4) is 0 Å². The van der Waals surface area contributed by atoms with Crippen molar-refractivity contribution < 1.29 is 9.90 Å². The van der Waals surface area contributed by atoms with Gasteiger partial charge < -0.3 is 5.11 Å². The number of hydrogen-bond donors (Lipinski definition) is 1. The molecule has 132 valence electrons. The molecule has 0 fully saturated rings. The predicted molar refractivity (Wildman–Crippen MR) is 102 cm³/mol. The number of aromatic nitrogens is 4. The van der Waals surface area contributed by atoms with Gasteiger partial charge in [-0.2, -0.15) is 0 Å². The molecular weight excluding hydrogens is 364 g/mol. The van der Waals surface area contributed by atoms with Crippen molar-refractivity contribution in [3.05, 3.63) is 83.8 Å². The molecule has 2 aromatic carbocycles. The van der Waals surface area contributed by atoms with Crippen LogP contribution in [0.25, 0.3) is 28.1 Å². The minimum Gasteiger partial charge on any atom is -0.478 e. The van der Waals surface area contributed by atoms with Gasteiger partial charge in [0.15, 0.2) is 0 Å². The maximum Gasteiger partial charge on any atom is 0.335 e. The van der Waals surface area contributed by atoms with Gasteiger partial charge in [0.1, 0.15) is 11.4 Å². The third kappa shape index (κ3) is 3.30. The first-order chi connectivity index (χ1) is 13.1. The number of nitrogens with zero attached hydrogens (tertiary/aromatic N) is 4. The molecule has 0 aliphatic heterocycles. The first kappa shape index (κ1) is 16.9. The minimum atomic E-state index is -0.971. The van der Waals surface area contributed by atoms with Crippen LogP contribution in [-0.2, 0) is 0 Å². The molecule has 0 aliphatic carbocycles. The van der Waals surface area contributed by atoms with E-state index in [0.717, 1.165) is 16.7 Å². The number of carbonyl (C=O) groups is 1. The average molecular weight is 377 g/mol. The standard InChI is InChI=1S/C20H13ClN4O2/c21-19-16(13-4-2-1-3-5-13)10-22-11-18(19)25-12-17(23-24-25)14-6-8-15(9-7-14)20(26)27/h1-12H,(H,26,27). The fourth-order valence-electron chi connectivity index (χ4n) is 2.71. The zero-order chi connectivity index (χ0) is 18.8. The number of halogens is 1. The Morgan fingerprint density at radius 3 is 2.41 bits per heavy atom. The van der Waals surface area contributed by atoms with Crippen molar-refractivity contribution >= 4 is 17.6 Å². The van der Waals surface area contributed by atoms with E-state index in [4.69, 9.17) is 16.7 Å². The first-order valence-corrected chi connectivity index (χ1v) is 8.46. The highest BCUT2D eigenvalue weighted by molar-refractivity contribution is 6.35. The Bertz CT molecular complexity index is 1110. The van der Waals surface area contributed by atoms with E-state index in [9.17, 15) is 4.79 Å². The number of carboxylic acid groups (broad SMARTS) is 1. The number of rotatable bonds is 4. The molecule has 6 nitrogen and oxygen atoms in total. The topological polar surface area (TPSA) is 80.9 Å². The van der Waals surface area contributed by atoms with Crippen LogP contribution < -0.4 is 0 Å². The molecule has 0 saturated heterocycles. The van der Waals surface area contributed by atoms with Crippen molar-refractivity contribution in [3.8, 4) is 28.1 Å². The Balaban J connectivity index is 1.70. The van der Waals surface area contributed by atoms with Gasteiger partial charge in [0.25, 0.3) is 0 Å². The maximum absolute atomic E-state index is 11.0. The summed E-state index contributed by atoms with van der Waals surface area (Å²) in [5.41, 5.74) is 3.95. The van der Waals surface area contributed by atoms with E-state index in [-0.39, 0.29) is 5.56 Å². The smallest absolute Gasteiger partial charge is 0.335 e. The molecule has 27 heavy (non-hydrogen) atoms. The lowest BCUT2D eigenvalue weighted by molar-refractivity contribution is 0.0697. The second-order valence-electron chi connectivity index (χ2n) is 5.82. The first-order valence-electron chi connectivity index (χ1n) is 8.09. The van der Waals surface area contributed by atoms with Gasteiger partial charge in [-0.1, -0.05) is 59.3 Å². The predicted octanol–water partition coefficient (Wildman–Crippen LogP) is 4.35. The van der Waals surface area contributed by atoms with Gasteiger partial charge in [-0.25, -0.2) is 9.48 Å². The van der Waals surface area contributed by atoms with Crippen LogP contribution >= 0.6 is 11.6 Å². The summed E-state index contributed by atoms with van der Waals surface area (Å²) in [6.07, 6.45) is 5.07. The van der Waals surface area contributed by atoms with Gasteiger partial charge >= 0.3 is 5.97 Å². The minimum absolute atomic E-state index is 0.217. The second kappa shape index (κ2) is 7.01. The highest BCUT2D eigenvalue weighted by Gasteiger charge is 2.13. The van der Waals surface area contributed by atoms with Crippen molar-refractivity contribution in [2.75, 3.05) is 0 Å². The Hall–Kier alpha value is -3.51. The largest absolute Gasteiger partial charge is 0.478 e. The third-order valence-corrected chi connectivity index (χ3v) is 4.51. The molecule has 4 aromatic rings. The van der Waals surface area contributed by atoms with Gasteiger partial charge in [0.2, 0.25) is 0 Å². The van der Waals surface area contributed by atoms with E-state index >= 15 is 0 Å². The van der Waals surface area contributed by atoms with Gasteiger partial charge in [0, 0.05) is 17.3 Å². The van der Waals surface area contributed by atoms with Crippen molar-refractivity contribution in [2.45, 2.75) is 0 Å². The van der Waals surface area contributed by atoms with E-state index in [1.54, 1.807) is 35.4 Å². The summed E-state index contributed by atoms with van der Waals surface area (Å²) in [7, 11) is 0. The van der Waals surface area contributed by atoms with E-state index in [2.05, 4.69) is 15.3 Å². The summed E-state index contributed by atoms with van der Waals surface area (Å²) in [5, 5.41) is 17.8. The quantitative estimate of drug-likeness (QED) is 0.572. The van der Waals surface area contributed by atoms with Crippen molar-refractivity contribution in [1.82, 2.24) is 20.0 Å². The second-order valence-corrected chi connectivity index (χ2v) is 6.20. The molecule has 0 unspecified atom stereocenters. The molecule has 0 spiro atoms. The lowest BCUT2D eigenvalue weighted by atomic mass is 10.1. The molecule has 0 bridgehead atoms. The normalized spacial score (nSPS) is 10.7. The van der Waals surface area contributed by atoms with Crippen LogP contribution in [0.1, 0.15) is 10.4 Å². The molecule has 0 amide bonds. The Morgan fingerprint density at radius 1 is 0.963 bits per heavy atom. The SMILES string of the molecule is O=C(O)c1ccc(-c2cn(-c3cncc(-c4ccccc4)c3Cl)nn2)cc1. The number of carboxylic acids is 1. The molecule has 2 aromatic heterocycles. The van der Waals surface area contributed by atoms with Crippen molar-refractivity contribution in [2.24, 2.45) is 0 Å². The fraction of sp³-hybridized carbons (Fsp3) is 0. The van der Waals surface area contributed by atoms with Gasteiger partial charge in [-0.3, -0.25) is 4.98 Å². The highest BCUT2D eigenvalue weighted by Crippen LogP contribution is 2.31. The summed E-state index contributed by atoms with van der Waals surface area (Å²) >= 11 is 6.59. The lowest BCUT2D eigenvalue weighted by Gasteiger charge is -2.08. The van der Waals surface area contributed by atoms with Gasteiger partial charge in [-0.05, 0) is 17.7 Å². The molecule has 4 rings (SSSR count). The number of benzene rings is 2. The van der Waals surface area contributed by atoms with Gasteiger partial charge in [0.05, 0.1) is 23.0 Å². The average Bonchev–Trinajstić information content (AvgIpc) is 3.19. The zero-order valence-electron chi connectivity index (χ0n) is 14.0. The van der Waals surface area contributed by atoms with Crippen LogP contribution in [0.2, 0.25) is 5.02 Å². The van der Waals surface area contributed by atoms with Crippen molar-refractivity contribution in [3.63, 3.8) is 0 Å². The zero-order valence-corrected chi connectivity index (χ0v) is 14.7. The summed E-state index contributed by atoms with van der Waals surface area (Å²) < 4.78 is 1.56. The summed E-state index contributed by atoms with van der Waals surface area (Å²) in [6, 6.07) is 16.2. The Morgan fingerprint density at radius 2 is 1.70 bits per heavy atom. The number of aromatic carboxylic acids is 1. The summed E-state index contributed by atoms with van der Waals surface area (Å²) in [6.45, 7) is 0. The maximum atomic E-state index is 11.0. The van der Waals surface area contributed by atoms with E-state index in [1.807, 2.05) is 30.3 Å². The van der Waals surface area contributed by atoms with E-state index in [0.29, 0.717) is 16.4 Å². The lowest BCUT2D eigenvalue weighted by Crippen LogP contribution is -1.98. The van der Waals surface area contributed by atoms with E-state index in [1.165, 1.54) is 12.1 Å². The van der Waals surface area contributed by atoms with E-state index < -0.39 is 5.97 Å². The molecule has 0 saturated carbocycles. The molecular formula is C20H13ClN4O2. The summed E-state index contributed by atoms with van der Waals surface area (Å²) in [5.74, 6) is -0.971. The molecule has 0 aliphatic rings. The molecule has 0 atom stereocenters.